The van der Waals surface area contributed by atoms with Crippen molar-refractivity contribution in [3.63, 3.8) is 0 Å². The highest BCUT2D eigenvalue weighted by Gasteiger charge is 2.22. The summed E-state index contributed by atoms with van der Waals surface area (Å²) in [5.41, 5.74) is 11.7. The Kier molecular flexibility index (Phi) is 8.32. The standard InChI is InChI=1S/C14H20ClN3O2.ClH/c1-8(2)13(17)14(20)18-11(7-12(16)19)9-4-3-5-10(15)6-9;/h3-6,8,11,13H,7,17H2,1-2H3,(H2,16,19)(H,18,20);1H/t11-,13+;/m1./s1. The lowest BCUT2D eigenvalue weighted by Crippen LogP contribution is -2.45. The van der Waals surface area contributed by atoms with Gasteiger partial charge >= 0.3 is 0 Å². The molecule has 0 aliphatic carbocycles. The molecule has 0 spiro atoms. The lowest BCUT2D eigenvalue weighted by atomic mass is 10.0. The van der Waals surface area contributed by atoms with E-state index >= 15 is 0 Å². The van der Waals surface area contributed by atoms with Gasteiger partial charge in [0.1, 0.15) is 0 Å². The maximum absolute atomic E-state index is 12.0. The van der Waals surface area contributed by atoms with E-state index in [1.54, 1.807) is 24.3 Å². The van der Waals surface area contributed by atoms with Crippen LogP contribution in [0.1, 0.15) is 31.9 Å². The summed E-state index contributed by atoms with van der Waals surface area (Å²) in [5, 5.41) is 3.28. The molecule has 0 aromatic heterocycles. The molecule has 1 aromatic rings. The molecule has 7 heteroatoms. The molecule has 0 aliphatic rings. The second kappa shape index (κ2) is 8.87. The topological polar surface area (TPSA) is 98.2 Å². The van der Waals surface area contributed by atoms with Gasteiger partial charge in [-0.05, 0) is 23.6 Å². The summed E-state index contributed by atoms with van der Waals surface area (Å²) in [6, 6.07) is 5.78. The minimum Gasteiger partial charge on any atom is -0.370 e. The van der Waals surface area contributed by atoms with E-state index < -0.39 is 18.0 Å². The Bertz CT molecular complexity index is 495. The van der Waals surface area contributed by atoms with E-state index in [9.17, 15) is 9.59 Å². The SMILES string of the molecule is CC(C)[C@H](N)C(=O)N[C@H](CC(N)=O)c1cccc(Cl)c1.Cl. The molecule has 1 rings (SSSR count). The van der Waals surface area contributed by atoms with Gasteiger partial charge in [-0.2, -0.15) is 0 Å². The van der Waals surface area contributed by atoms with Crippen molar-refractivity contribution in [2.75, 3.05) is 0 Å². The monoisotopic (exact) mass is 333 g/mol. The van der Waals surface area contributed by atoms with Gasteiger partial charge in [0.05, 0.1) is 18.5 Å². The van der Waals surface area contributed by atoms with Crippen LogP contribution in [0.25, 0.3) is 0 Å². The van der Waals surface area contributed by atoms with Crippen LogP contribution >= 0.6 is 24.0 Å². The Morgan fingerprint density at radius 1 is 1.33 bits per heavy atom. The first-order chi connectivity index (χ1) is 9.31. The first-order valence-electron chi connectivity index (χ1n) is 6.41. The number of primary amides is 1. The third-order valence-electron chi connectivity index (χ3n) is 2.99. The van der Waals surface area contributed by atoms with Crippen molar-refractivity contribution in [2.24, 2.45) is 17.4 Å². The second-order valence-electron chi connectivity index (χ2n) is 5.06. The third-order valence-corrected chi connectivity index (χ3v) is 3.23. The second-order valence-corrected chi connectivity index (χ2v) is 5.49. The van der Waals surface area contributed by atoms with Crippen molar-refractivity contribution in [3.8, 4) is 0 Å². The van der Waals surface area contributed by atoms with Crippen molar-refractivity contribution >= 4 is 35.8 Å². The number of halogens is 2. The van der Waals surface area contributed by atoms with Crippen molar-refractivity contribution in [1.29, 1.82) is 0 Å². The Labute approximate surface area is 135 Å². The van der Waals surface area contributed by atoms with Gasteiger partial charge in [-0.15, -0.1) is 12.4 Å². The van der Waals surface area contributed by atoms with Crippen LogP contribution in [0, 0.1) is 5.92 Å². The number of carbonyl (C=O) groups excluding carboxylic acids is 2. The Hall–Kier alpha value is -1.30. The van der Waals surface area contributed by atoms with Crippen LogP contribution in [-0.2, 0) is 9.59 Å². The molecule has 1 aromatic carbocycles. The smallest absolute Gasteiger partial charge is 0.237 e. The summed E-state index contributed by atoms with van der Waals surface area (Å²) in [7, 11) is 0. The minimum absolute atomic E-state index is 0. The first-order valence-corrected chi connectivity index (χ1v) is 6.78. The summed E-state index contributed by atoms with van der Waals surface area (Å²) >= 11 is 5.92. The van der Waals surface area contributed by atoms with Crippen LogP contribution in [0.4, 0.5) is 0 Å². The summed E-state index contributed by atoms with van der Waals surface area (Å²) in [5.74, 6) is -0.816. The molecular weight excluding hydrogens is 313 g/mol. The van der Waals surface area contributed by atoms with E-state index in [0.29, 0.717) is 5.02 Å². The van der Waals surface area contributed by atoms with Crippen molar-refractivity contribution in [2.45, 2.75) is 32.4 Å². The maximum atomic E-state index is 12.0. The lowest BCUT2D eigenvalue weighted by Gasteiger charge is -2.22. The normalized spacial score (nSPS) is 13.2. The fourth-order valence-corrected chi connectivity index (χ4v) is 1.95. The molecule has 5 nitrogen and oxygen atoms in total. The molecule has 0 bridgehead atoms. The molecule has 0 saturated heterocycles. The molecule has 21 heavy (non-hydrogen) atoms. The van der Waals surface area contributed by atoms with Gasteiger partial charge in [0.25, 0.3) is 0 Å². The predicted molar refractivity (Wildman–Crippen MR) is 86.2 cm³/mol. The van der Waals surface area contributed by atoms with Gasteiger partial charge < -0.3 is 16.8 Å². The van der Waals surface area contributed by atoms with Crippen LogP contribution in [0.5, 0.6) is 0 Å². The van der Waals surface area contributed by atoms with Gasteiger partial charge in [-0.1, -0.05) is 37.6 Å². The van der Waals surface area contributed by atoms with Crippen molar-refractivity contribution in [3.05, 3.63) is 34.9 Å². The van der Waals surface area contributed by atoms with Crippen LogP contribution in [0.3, 0.4) is 0 Å². The van der Waals surface area contributed by atoms with E-state index in [0.717, 1.165) is 5.56 Å². The molecule has 0 heterocycles. The van der Waals surface area contributed by atoms with E-state index in [4.69, 9.17) is 23.1 Å². The summed E-state index contributed by atoms with van der Waals surface area (Å²) in [6.45, 7) is 3.71. The zero-order valence-corrected chi connectivity index (χ0v) is 13.6. The number of nitrogens with one attached hydrogen (secondary N) is 1. The van der Waals surface area contributed by atoms with Crippen LogP contribution in [0.2, 0.25) is 5.02 Å². The molecule has 0 aliphatic heterocycles. The van der Waals surface area contributed by atoms with E-state index in [1.807, 2.05) is 13.8 Å². The number of amides is 2. The number of carbonyl (C=O) groups is 2. The first kappa shape index (κ1) is 19.7. The maximum Gasteiger partial charge on any atom is 0.237 e. The highest BCUT2D eigenvalue weighted by atomic mass is 35.5. The molecule has 0 fully saturated rings. The van der Waals surface area contributed by atoms with E-state index in [-0.39, 0.29) is 30.7 Å². The molecule has 0 saturated carbocycles. The number of hydrogen-bond acceptors (Lipinski definition) is 3. The highest BCUT2D eigenvalue weighted by Crippen LogP contribution is 2.20. The van der Waals surface area contributed by atoms with Gasteiger partial charge in [0, 0.05) is 5.02 Å². The summed E-state index contributed by atoms with van der Waals surface area (Å²) in [6.07, 6.45) is -0.00308. The van der Waals surface area contributed by atoms with Gasteiger partial charge in [-0.25, -0.2) is 0 Å². The number of hydrogen-bond donors (Lipinski definition) is 3. The summed E-state index contributed by atoms with van der Waals surface area (Å²) < 4.78 is 0. The molecular formula is C14H21Cl2N3O2. The lowest BCUT2D eigenvalue weighted by molar-refractivity contribution is -0.124. The van der Waals surface area contributed by atoms with E-state index in [2.05, 4.69) is 5.32 Å². The predicted octanol–water partition coefficient (Wildman–Crippen LogP) is 1.78. The van der Waals surface area contributed by atoms with Crippen LogP contribution in [0.15, 0.2) is 24.3 Å². The molecule has 2 atom stereocenters. The molecule has 0 unspecified atom stereocenters. The average molecular weight is 334 g/mol. The molecule has 0 radical (unpaired) electrons. The zero-order chi connectivity index (χ0) is 15.3. The molecule has 118 valence electrons. The van der Waals surface area contributed by atoms with Crippen molar-refractivity contribution in [1.82, 2.24) is 5.32 Å². The van der Waals surface area contributed by atoms with Gasteiger partial charge in [0.2, 0.25) is 11.8 Å². The molecule has 5 N–H and O–H groups in total. The largest absolute Gasteiger partial charge is 0.370 e. The zero-order valence-electron chi connectivity index (χ0n) is 12.0. The number of nitrogens with two attached hydrogens (primary N) is 2. The van der Waals surface area contributed by atoms with Gasteiger partial charge in [-0.3, -0.25) is 9.59 Å². The number of rotatable bonds is 6. The minimum atomic E-state index is -0.635. The van der Waals surface area contributed by atoms with Crippen LogP contribution in [-0.4, -0.2) is 17.9 Å². The van der Waals surface area contributed by atoms with Crippen LogP contribution < -0.4 is 16.8 Å². The fraction of sp³-hybridized carbons (Fsp3) is 0.429. The Morgan fingerprint density at radius 2 is 1.95 bits per heavy atom. The Morgan fingerprint density at radius 3 is 2.43 bits per heavy atom. The summed E-state index contributed by atoms with van der Waals surface area (Å²) in [4.78, 5) is 23.2. The number of benzene rings is 1. The van der Waals surface area contributed by atoms with Crippen molar-refractivity contribution < 1.29 is 9.59 Å². The average Bonchev–Trinajstić information content (AvgIpc) is 2.36. The third kappa shape index (κ3) is 6.33. The highest BCUT2D eigenvalue weighted by molar-refractivity contribution is 6.30. The van der Waals surface area contributed by atoms with Gasteiger partial charge in [0.15, 0.2) is 0 Å². The Balaban J connectivity index is 0.00000400. The van der Waals surface area contributed by atoms with E-state index in [1.165, 1.54) is 0 Å². The fourth-order valence-electron chi connectivity index (χ4n) is 1.75. The molecule has 2 amide bonds. The quantitative estimate of drug-likeness (QED) is 0.739.